The SMILES string of the molecule is CC1CCC(CCl)(Nc2ncncc2I)CC1. The van der Waals surface area contributed by atoms with Gasteiger partial charge in [0.2, 0.25) is 0 Å². The highest BCUT2D eigenvalue weighted by Crippen LogP contribution is 2.35. The van der Waals surface area contributed by atoms with E-state index in [2.05, 4.69) is 44.8 Å². The molecule has 1 heterocycles. The molecule has 0 aromatic carbocycles. The monoisotopic (exact) mass is 365 g/mol. The summed E-state index contributed by atoms with van der Waals surface area (Å²) < 4.78 is 1.05. The first-order chi connectivity index (χ1) is 8.15. The van der Waals surface area contributed by atoms with Gasteiger partial charge in [0.15, 0.2) is 0 Å². The first kappa shape index (κ1) is 13.3. The third-order valence-corrected chi connectivity index (χ3v) is 4.84. The van der Waals surface area contributed by atoms with Crippen molar-refractivity contribution in [3.8, 4) is 0 Å². The molecule has 1 N–H and O–H groups in total. The van der Waals surface area contributed by atoms with E-state index in [9.17, 15) is 0 Å². The lowest BCUT2D eigenvalue weighted by Gasteiger charge is -2.39. The van der Waals surface area contributed by atoms with Gasteiger partial charge in [-0.3, -0.25) is 0 Å². The molecule has 1 aliphatic carbocycles. The number of anilines is 1. The first-order valence-electron chi connectivity index (χ1n) is 5.95. The van der Waals surface area contributed by atoms with Crippen LogP contribution in [-0.4, -0.2) is 21.4 Å². The van der Waals surface area contributed by atoms with Crippen molar-refractivity contribution in [1.29, 1.82) is 0 Å². The number of hydrogen-bond acceptors (Lipinski definition) is 3. The van der Waals surface area contributed by atoms with Gasteiger partial charge in [0.25, 0.3) is 0 Å². The molecule has 1 aliphatic rings. The minimum absolute atomic E-state index is 0.0162. The summed E-state index contributed by atoms with van der Waals surface area (Å²) in [4.78, 5) is 8.30. The summed E-state index contributed by atoms with van der Waals surface area (Å²) in [7, 11) is 0. The average Bonchev–Trinajstić information content (AvgIpc) is 2.35. The number of nitrogens with one attached hydrogen (secondary N) is 1. The van der Waals surface area contributed by atoms with Crippen molar-refractivity contribution in [3.63, 3.8) is 0 Å². The van der Waals surface area contributed by atoms with Crippen LogP contribution in [0.2, 0.25) is 0 Å². The summed E-state index contributed by atoms with van der Waals surface area (Å²) in [6.07, 6.45) is 8.12. The van der Waals surface area contributed by atoms with Crippen LogP contribution in [-0.2, 0) is 0 Å². The highest BCUT2D eigenvalue weighted by atomic mass is 127. The first-order valence-corrected chi connectivity index (χ1v) is 7.56. The second-order valence-electron chi connectivity index (χ2n) is 4.94. The fourth-order valence-corrected chi connectivity index (χ4v) is 3.03. The van der Waals surface area contributed by atoms with Crippen LogP contribution in [0.15, 0.2) is 12.5 Å². The second-order valence-corrected chi connectivity index (χ2v) is 6.37. The Labute approximate surface area is 121 Å². The molecule has 0 bridgehead atoms. The maximum Gasteiger partial charge on any atom is 0.143 e. The van der Waals surface area contributed by atoms with Crippen molar-refractivity contribution in [2.45, 2.75) is 38.1 Å². The van der Waals surface area contributed by atoms with Crippen LogP contribution >= 0.6 is 34.2 Å². The van der Waals surface area contributed by atoms with Gasteiger partial charge in [0.05, 0.1) is 9.11 Å². The van der Waals surface area contributed by atoms with Gasteiger partial charge in [-0.2, -0.15) is 0 Å². The summed E-state index contributed by atoms with van der Waals surface area (Å²) >= 11 is 8.43. The standard InChI is InChI=1S/C12H17ClIN3/c1-9-2-4-12(7-13,5-3-9)17-11-10(14)6-15-8-16-11/h6,8-9H,2-5,7H2,1H3,(H,15,16,17). The molecule has 0 unspecified atom stereocenters. The van der Waals surface area contributed by atoms with Crippen LogP contribution in [0.3, 0.4) is 0 Å². The zero-order chi connectivity index (χ0) is 12.3. The van der Waals surface area contributed by atoms with Gasteiger partial charge < -0.3 is 5.32 Å². The van der Waals surface area contributed by atoms with Crippen molar-refractivity contribution in [1.82, 2.24) is 9.97 Å². The van der Waals surface area contributed by atoms with Crippen LogP contribution in [0.5, 0.6) is 0 Å². The molecule has 1 fully saturated rings. The third kappa shape index (κ3) is 3.22. The largest absolute Gasteiger partial charge is 0.362 e. The summed E-state index contributed by atoms with van der Waals surface area (Å²) in [5.74, 6) is 2.37. The van der Waals surface area contributed by atoms with E-state index in [0.29, 0.717) is 5.88 Å². The lowest BCUT2D eigenvalue weighted by molar-refractivity contribution is 0.286. The number of alkyl halides is 1. The van der Waals surface area contributed by atoms with E-state index >= 15 is 0 Å². The fourth-order valence-electron chi connectivity index (χ4n) is 2.26. The average molecular weight is 366 g/mol. The molecule has 17 heavy (non-hydrogen) atoms. The molecular weight excluding hydrogens is 349 g/mol. The number of rotatable bonds is 3. The van der Waals surface area contributed by atoms with Gasteiger partial charge in [0, 0.05) is 12.1 Å². The predicted octanol–water partition coefficient (Wildman–Crippen LogP) is 3.68. The van der Waals surface area contributed by atoms with E-state index in [-0.39, 0.29) is 5.54 Å². The van der Waals surface area contributed by atoms with Crippen LogP contribution in [0.1, 0.15) is 32.6 Å². The summed E-state index contributed by atoms with van der Waals surface area (Å²) in [6.45, 7) is 2.31. The van der Waals surface area contributed by atoms with Gasteiger partial charge in [-0.1, -0.05) is 6.92 Å². The van der Waals surface area contributed by atoms with Crippen molar-refractivity contribution in [3.05, 3.63) is 16.1 Å². The molecule has 5 heteroatoms. The van der Waals surface area contributed by atoms with E-state index in [1.807, 2.05) is 6.20 Å². The number of nitrogens with zero attached hydrogens (tertiary/aromatic N) is 2. The highest BCUT2D eigenvalue weighted by Gasteiger charge is 2.34. The normalized spacial score (nSPS) is 29.0. The van der Waals surface area contributed by atoms with Gasteiger partial charge in [0.1, 0.15) is 12.1 Å². The smallest absolute Gasteiger partial charge is 0.143 e. The zero-order valence-corrected chi connectivity index (χ0v) is 12.8. The van der Waals surface area contributed by atoms with Gasteiger partial charge in [-0.05, 0) is 54.2 Å². The summed E-state index contributed by atoms with van der Waals surface area (Å²) in [5.41, 5.74) is 0.0162. The lowest BCUT2D eigenvalue weighted by atomic mass is 9.78. The Bertz CT molecular complexity index is 378. The Morgan fingerprint density at radius 2 is 2.24 bits per heavy atom. The Morgan fingerprint density at radius 3 is 2.82 bits per heavy atom. The molecule has 0 saturated heterocycles. The van der Waals surface area contributed by atoms with Gasteiger partial charge in [-0.15, -0.1) is 11.6 Å². The topological polar surface area (TPSA) is 37.8 Å². The van der Waals surface area contributed by atoms with E-state index in [1.165, 1.54) is 12.8 Å². The molecule has 0 aliphatic heterocycles. The molecule has 1 aromatic rings. The Kier molecular flexibility index (Phi) is 4.47. The van der Waals surface area contributed by atoms with Crippen molar-refractivity contribution in [2.75, 3.05) is 11.2 Å². The molecule has 0 atom stereocenters. The Hall–Kier alpha value is -0.100. The van der Waals surface area contributed by atoms with Crippen molar-refractivity contribution in [2.24, 2.45) is 5.92 Å². The highest BCUT2D eigenvalue weighted by molar-refractivity contribution is 14.1. The Morgan fingerprint density at radius 1 is 1.53 bits per heavy atom. The maximum absolute atomic E-state index is 6.18. The summed E-state index contributed by atoms with van der Waals surface area (Å²) in [6, 6.07) is 0. The van der Waals surface area contributed by atoms with E-state index in [1.54, 1.807) is 6.33 Å². The summed E-state index contributed by atoms with van der Waals surface area (Å²) in [5, 5.41) is 3.54. The van der Waals surface area contributed by atoms with Crippen LogP contribution in [0.25, 0.3) is 0 Å². The Balaban J connectivity index is 2.12. The molecule has 1 aromatic heterocycles. The van der Waals surface area contributed by atoms with E-state index in [0.717, 1.165) is 28.1 Å². The molecule has 0 spiro atoms. The van der Waals surface area contributed by atoms with Crippen LogP contribution in [0, 0.1) is 9.49 Å². The quantitative estimate of drug-likeness (QED) is 0.656. The van der Waals surface area contributed by atoms with Crippen molar-refractivity contribution < 1.29 is 0 Å². The fraction of sp³-hybridized carbons (Fsp3) is 0.667. The van der Waals surface area contributed by atoms with Gasteiger partial charge in [-0.25, -0.2) is 9.97 Å². The number of halogens is 2. The van der Waals surface area contributed by atoms with Crippen molar-refractivity contribution >= 4 is 40.0 Å². The lowest BCUT2D eigenvalue weighted by Crippen LogP contribution is -2.44. The third-order valence-electron chi connectivity index (χ3n) is 3.54. The second kappa shape index (κ2) is 5.69. The number of aromatic nitrogens is 2. The molecule has 2 rings (SSSR count). The molecule has 1 saturated carbocycles. The maximum atomic E-state index is 6.18. The van der Waals surface area contributed by atoms with Crippen LogP contribution < -0.4 is 5.32 Å². The molecular formula is C12H17ClIN3. The van der Waals surface area contributed by atoms with Crippen LogP contribution in [0.4, 0.5) is 5.82 Å². The predicted molar refractivity (Wildman–Crippen MR) is 79.5 cm³/mol. The molecule has 94 valence electrons. The molecule has 0 radical (unpaired) electrons. The minimum atomic E-state index is 0.0162. The molecule has 0 amide bonds. The number of hydrogen-bond donors (Lipinski definition) is 1. The van der Waals surface area contributed by atoms with Gasteiger partial charge >= 0.3 is 0 Å². The zero-order valence-electron chi connectivity index (χ0n) is 9.92. The minimum Gasteiger partial charge on any atom is -0.362 e. The molecule has 3 nitrogen and oxygen atoms in total. The van der Waals surface area contributed by atoms with E-state index in [4.69, 9.17) is 11.6 Å². The van der Waals surface area contributed by atoms with E-state index < -0.39 is 0 Å².